The molecular formula is C16H29N3O. The number of rotatable bonds is 5. The molecule has 4 heteroatoms. The number of nitrogens with one attached hydrogen (secondary N) is 2. The molecule has 0 atom stereocenters. The molecule has 0 spiro atoms. The molecule has 0 aromatic heterocycles. The second-order valence-corrected chi connectivity index (χ2v) is 7.83. The SMILES string of the molecule is CN(C)CCNC(=O)NCC12CC3CC(CC(C3)C1)C2. The summed E-state index contributed by atoms with van der Waals surface area (Å²) in [5.41, 5.74) is 0.438. The van der Waals surface area contributed by atoms with Crippen LogP contribution in [-0.4, -0.2) is 44.7 Å². The van der Waals surface area contributed by atoms with Crippen molar-refractivity contribution >= 4 is 6.03 Å². The molecule has 114 valence electrons. The van der Waals surface area contributed by atoms with E-state index in [-0.39, 0.29) is 6.03 Å². The van der Waals surface area contributed by atoms with Crippen molar-refractivity contribution in [2.45, 2.75) is 38.5 Å². The van der Waals surface area contributed by atoms with Gasteiger partial charge in [-0.15, -0.1) is 0 Å². The Hall–Kier alpha value is -0.770. The summed E-state index contributed by atoms with van der Waals surface area (Å²) in [4.78, 5) is 14.0. The summed E-state index contributed by atoms with van der Waals surface area (Å²) in [6, 6.07) is 0.0163. The lowest BCUT2D eigenvalue weighted by atomic mass is 9.49. The van der Waals surface area contributed by atoms with Crippen LogP contribution in [0.2, 0.25) is 0 Å². The Labute approximate surface area is 122 Å². The molecular weight excluding hydrogens is 250 g/mol. The van der Waals surface area contributed by atoms with Crippen LogP contribution in [0.1, 0.15) is 38.5 Å². The average Bonchev–Trinajstić information content (AvgIpc) is 2.34. The van der Waals surface area contributed by atoms with E-state index in [0.717, 1.165) is 37.4 Å². The van der Waals surface area contributed by atoms with Gasteiger partial charge in [-0.25, -0.2) is 4.79 Å². The van der Waals surface area contributed by atoms with Gasteiger partial charge in [-0.1, -0.05) is 0 Å². The molecule has 4 aliphatic rings. The maximum absolute atomic E-state index is 11.9. The van der Waals surface area contributed by atoms with Crippen LogP contribution in [-0.2, 0) is 0 Å². The number of likely N-dealkylation sites (N-methyl/N-ethyl adjacent to an activating group) is 1. The molecule has 20 heavy (non-hydrogen) atoms. The highest BCUT2D eigenvalue weighted by atomic mass is 16.2. The van der Waals surface area contributed by atoms with Crippen LogP contribution in [0.25, 0.3) is 0 Å². The Morgan fingerprint density at radius 2 is 1.60 bits per heavy atom. The van der Waals surface area contributed by atoms with Crippen molar-refractivity contribution in [2.75, 3.05) is 33.7 Å². The van der Waals surface area contributed by atoms with E-state index in [0.29, 0.717) is 5.41 Å². The van der Waals surface area contributed by atoms with E-state index in [2.05, 4.69) is 15.5 Å². The van der Waals surface area contributed by atoms with Gasteiger partial charge < -0.3 is 15.5 Å². The van der Waals surface area contributed by atoms with Crippen LogP contribution in [0, 0.1) is 23.2 Å². The molecule has 0 aliphatic heterocycles. The predicted octanol–water partition coefficient (Wildman–Crippen LogP) is 2.06. The first-order valence-corrected chi connectivity index (χ1v) is 8.21. The van der Waals surface area contributed by atoms with Crippen molar-refractivity contribution < 1.29 is 4.79 Å². The monoisotopic (exact) mass is 279 g/mol. The average molecular weight is 279 g/mol. The largest absolute Gasteiger partial charge is 0.338 e. The van der Waals surface area contributed by atoms with Crippen molar-refractivity contribution in [1.29, 1.82) is 0 Å². The van der Waals surface area contributed by atoms with Crippen molar-refractivity contribution in [3.05, 3.63) is 0 Å². The molecule has 4 nitrogen and oxygen atoms in total. The molecule has 4 rings (SSSR count). The molecule has 4 fully saturated rings. The van der Waals surface area contributed by atoms with Crippen LogP contribution in [0.4, 0.5) is 4.79 Å². The molecule has 0 heterocycles. The van der Waals surface area contributed by atoms with Crippen molar-refractivity contribution in [3.8, 4) is 0 Å². The quantitative estimate of drug-likeness (QED) is 0.809. The van der Waals surface area contributed by atoms with Gasteiger partial charge in [0, 0.05) is 19.6 Å². The zero-order valence-electron chi connectivity index (χ0n) is 13.0. The third-order valence-corrected chi connectivity index (χ3v) is 5.63. The van der Waals surface area contributed by atoms with Crippen molar-refractivity contribution in [1.82, 2.24) is 15.5 Å². The minimum absolute atomic E-state index is 0.0163. The van der Waals surface area contributed by atoms with Gasteiger partial charge in [-0.2, -0.15) is 0 Å². The summed E-state index contributed by atoms with van der Waals surface area (Å²) in [7, 11) is 4.05. The zero-order chi connectivity index (χ0) is 14.2. The fourth-order valence-electron chi connectivity index (χ4n) is 5.23. The van der Waals surface area contributed by atoms with E-state index in [1.165, 1.54) is 38.5 Å². The summed E-state index contributed by atoms with van der Waals surface area (Å²) < 4.78 is 0. The van der Waals surface area contributed by atoms with Crippen LogP contribution in [0.5, 0.6) is 0 Å². The number of hydrogen-bond acceptors (Lipinski definition) is 2. The zero-order valence-corrected chi connectivity index (χ0v) is 13.0. The lowest BCUT2D eigenvalue weighted by molar-refractivity contribution is -0.0498. The predicted molar refractivity (Wildman–Crippen MR) is 80.6 cm³/mol. The Morgan fingerprint density at radius 3 is 2.10 bits per heavy atom. The summed E-state index contributed by atoms with van der Waals surface area (Å²) in [6.45, 7) is 2.51. The lowest BCUT2D eigenvalue weighted by Gasteiger charge is -2.56. The van der Waals surface area contributed by atoms with E-state index >= 15 is 0 Å². The Balaban J connectivity index is 1.45. The number of hydrogen-bond donors (Lipinski definition) is 2. The molecule has 2 amide bonds. The fraction of sp³-hybridized carbons (Fsp3) is 0.938. The highest BCUT2D eigenvalue weighted by Crippen LogP contribution is 2.59. The number of carbonyl (C=O) groups is 1. The second-order valence-electron chi connectivity index (χ2n) is 7.83. The van der Waals surface area contributed by atoms with Gasteiger partial charge in [-0.3, -0.25) is 0 Å². The summed E-state index contributed by atoms with van der Waals surface area (Å²) in [6.07, 6.45) is 8.47. The molecule has 0 aromatic carbocycles. The second kappa shape index (κ2) is 5.55. The topological polar surface area (TPSA) is 44.4 Å². The van der Waals surface area contributed by atoms with Crippen molar-refractivity contribution in [2.24, 2.45) is 23.2 Å². The molecule has 4 bridgehead atoms. The molecule has 2 N–H and O–H groups in total. The standard InChI is InChI=1S/C16H29N3O/c1-19(2)4-3-17-15(20)18-11-16-8-12-5-13(9-16)7-14(6-12)10-16/h12-14H,3-11H2,1-2H3,(H2,17,18,20). The van der Waals surface area contributed by atoms with E-state index in [9.17, 15) is 4.79 Å². The lowest BCUT2D eigenvalue weighted by Crippen LogP contribution is -2.52. The minimum Gasteiger partial charge on any atom is -0.338 e. The Kier molecular flexibility index (Phi) is 3.93. The molecule has 4 aliphatic carbocycles. The number of urea groups is 1. The Bertz CT molecular complexity index is 331. The van der Waals surface area contributed by atoms with Crippen LogP contribution in [0.15, 0.2) is 0 Å². The Morgan fingerprint density at radius 1 is 1.05 bits per heavy atom. The van der Waals surface area contributed by atoms with Gasteiger partial charge in [0.2, 0.25) is 0 Å². The van der Waals surface area contributed by atoms with Gasteiger partial charge in [-0.05, 0) is 75.8 Å². The number of amides is 2. The van der Waals surface area contributed by atoms with Crippen molar-refractivity contribution in [3.63, 3.8) is 0 Å². The highest BCUT2D eigenvalue weighted by Gasteiger charge is 2.50. The maximum atomic E-state index is 11.9. The fourth-order valence-corrected chi connectivity index (χ4v) is 5.23. The van der Waals surface area contributed by atoms with E-state index in [1.807, 2.05) is 14.1 Å². The van der Waals surface area contributed by atoms with E-state index in [4.69, 9.17) is 0 Å². The van der Waals surface area contributed by atoms with Gasteiger partial charge in [0.1, 0.15) is 0 Å². The molecule has 0 aromatic rings. The first-order chi connectivity index (χ1) is 9.55. The molecule has 0 radical (unpaired) electrons. The minimum atomic E-state index is 0.0163. The molecule has 0 saturated heterocycles. The maximum Gasteiger partial charge on any atom is 0.314 e. The third-order valence-electron chi connectivity index (χ3n) is 5.63. The van der Waals surface area contributed by atoms with Gasteiger partial charge in [0.05, 0.1) is 0 Å². The smallest absolute Gasteiger partial charge is 0.314 e. The van der Waals surface area contributed by atoms with Gasteiger partial charge in [0.15, 0.2) is 0 Å². The van der Waals surface area contributed by atoms with E-state index in [1.54, 1.807) is 0 Å². The van der Waals surface area contributed by atoms with Crippen LogP contribution < -0.4 is 10.6 Å². The normalized spacial score (nSPS) is 38.2. The molecule has 0 unspecified atom stereocenters. The van der Waals surface area contributed by atoms with Gasteiger partial charge >= 0.3 is 6.03 Å². The number of carbonyl (C=O) groups excluding carboxylic acids is 1. The first-order valence-electron chi connectivity index (χ1n) is 8.21. The van der Waals surface area contributed by atoms with Crippen LogP contribution >= 0.6 is 0 Å². The van der Waals surface area contributed by atoms with E-state index < -0.39 is 0 Å². The summed E-state index contributed by atoms with van der Waals surface area (Å²) in [5.74, 6) is 2.87. The number of nitrogens with zero attached hydrogens (tertiary/aromatic N) is 1. The van der Waals surface area contributed by atoms with Crippen LogP contribution in [0.3, 0.4) is 0 Å². The third kappa shape index (κ3) is 3.11. The highest BCUT2D eigenvalue weighted by molar-refractivity contribution is 5.73. The van der Waals surface area contributed by atoms with Gasteiger partial charge in [0.25, 0.3) is 0 Å². The summed E-state index contributed by atoms with van der Waals surface area (Å²) in [5, 5.41) is 6.10. The first kappa shape index (κ1) is 14.2. The summed E-state index contributed by atoms with van der Waals surface area (Å²) >= 11 is 0. The molecule has 4 saturated carbocycles.